The summed E-state index contributed by atoms with van der Waals surface area (Å²) in [6.45, 7) is 1.42. The Labute approximate surface area is 126 Å². The first-order valence-corrected chi connectivity index (χ1v) is 8.90. The summed E-state index contributed by atoms with van der Waals surface area (Å²) in [6, 6.07) is 9.55. The average Bonchev–Trinajstić information content (AvgIpc) is 2.53. The van der Waals surface area contributed by atoms with Crippen LogP contribution in [0.2, 0.25) is 0 Å². The predicted octanol–water partition coefficient (Wildman–Crippen LogP) is 0.938. The summed E-state index contributed by atoms with van der Waals surface area (Å²) in [5, 5.41) is 9.56. The van der Waals surface area contributed by atoms with Crippen molar-refractivity contribution in [2.24, 2.45) is 5.41 Å². The first-order valence-electron chi connectivity index (χ1n) is 7.25. The number of rotatable bonds is 7. The van der Waals surface area contributed by atoms with E-state index in [9.17, 15) is 13.5 Å². The first-order chi connectivity index (χ1) is 10.1. The summed E-state index contributed by atoms with van der Waals surface area (Å²) in [7, 11) is -3.33. The molecule has 2 N–H and O–H groups in total. The molecule has 0 bridgehead atoms. The fourth-order valence-electron chi connectivity index (χ4n) is 2.43. The molecule has 0 radical (unpaired) electrons. The molecule has 0 atom stereocenters. The maximum atomic E-state index is 12.1. The van der Waals surface area contributed by atoms with Crippen molar-refractivity contribution in [1.29, 1.82) is 0 Å². The third-order valence-corrected chi connectivity index (χ3v) is 5.38. The van der Waals surface area contributed by atoms with Crippen molar-refractivity contribution in [3.8, 4) is 0 Å². The van der Waals surface area contributed by atoms with Gasteiger partial charge in [0.05, 0.1) is 12.4 Å². The van der Waals surface area contributed by atoms with Crippen molar-refractivity contribution in [1.82, 2.24) is 4.72 Å². The second-order valence-electron chi connectivity index (χ2n) is 5.65. The monoisotopic (exact) mass is 313 g/mol. The summed E-state index contributed by atoms with van der Waals surface area (Å²) in [6.07, 6.45) is 1.86. The Morgan fingerprint density at radius 1 is 1.19 bits per heavy atom. The van der Waals surface area contributed by atoms with Crippen molar-refractivity contribution in [2.45, 2.75) is 19.3 Å². The molecule has 0 spiro atoms. The number of hydrogen-bond acceptors (Lipinski definition) is 4. The molecule has 0 aliphatic carbocycles. The topological polar surface area (TPSA) is 75.6 Å². The largest absolute Gasteiger partial charge is 0.396 e. The zero-order valence-electron chi connectivity index (χ0n) is 12.1. The van der Waals surface area contributed by atoms with Crippen LogP contribution in [-0.4, -0.2) is 45.6 Å². The lowest BCUT2D eigenvalue weighted by Gasteiger charge is -2.35. The van der Waals surface area contributed by atoms with E-state index in [4.69, 9.17) is 4.74 Å². The van der Waals surface area contributed by atoms with Crippen molar-refractivity contribution in [2.75, 3.05) is 32.1 Å². The van der Waals surface area contributed by atoms with E-state index in [-0.39, 0.29) is 24.3 Å². The van der Waals surface area contributed by atoms with Gasteiger partial charge in [0, 0.05) is 25.2 Å². The molecule has 1 saturated heterocycles. The molecule has 1 fully saturated rings. The van der Waals surface area contributed by atoms with Crippen molar-refractivity contribution < 1.29 is 18.3 Å². The fraction of sp³-hybridized carbons (Fsp3) is 0.600. The lowest BCUT2D eigenvalue weighted by molar-refractivity contribution is -0.0126. The van der Waals surface area contributed by atoms with Gasteiger partial charge >= 0.3 is 0 Å². The Hall–Kier alpha value is -0.950. The SMILES string of the molecule is O=S(=O)(CCc1ccccc1)NCC1(CO)CCOCC1. The predicted molar refractivity (Wildman–Crippen MR) is 81.5 cm³/mol. The van der Waals surface area contributed by atoms with Crippen LogP contribution in [0.15, 0.2) is 30.3 Å². The Balaban J connectivity index is 1.85. The number of nitrogens with one attached hydrogen (secondary N) is 1. The minimum Gasteiger partial charge on any atom is -0.396 e. The molecular weight excluding hydrogens is 290 g/mol. The lowest BCUT2D eigenvalue weighted by Crippen LogP contribution is -2.44. The van der Waals surface area contributed by atoms with Crippen LogP contribution in [0.1, 0.15) is 18.4 Å². The summed E-state index contributed by atoms with van der Waals surface area (Å²) in [4.78, 5) is 0. The van der Waals surface area contributed by atoms with E-state index in [1.165, 1.54) is 0 Å². The van der Waals surface area contributed by atoms with Crippen LogP contribution >= 0.6 is 0 Å². The molecule has 2 rings (SSSR count). The van der Waals surface area contributed by atoms with Gasteiger partial charge in [0.2, 0.25) is 10.0 Å². The van der Waals surface area contributed by atoms with Crippen molar-refractivity contribution >= 4 is 10.0 Å². The summed E-state index contributed by atoms with van der Waals surface area (Å²) in [5.41, 5.74) is 0.628. The Kier molecular flexibility index (Phi) is 5.75. The van der Waals surface area contributed by atoms with Gasteiger partial charge in [0.25, 0.3) is 0 Å². The number of ether oxygens (including phenoxy) is 1. The number of aliphatic hydroxyl groups is 1. The number of aliphatic hydroxyl groups excluding tert-OH is 1. The maximum absolute atomic E-state index is 12.1. The highest BCUT2D eigenvalue weighted by atomic mass is 32.2. The van der Waals surface area contributed by atoms with E-state index in [0.29, 0.717) is 32.5 Å². The molecule has 1 aliphatic heterocycles. The molecule has 5 nitrogen and oxygen atoms in total. The van der Waals surface area contributed by atoms with Crippen LogP contribution in [0.3, 0.4) is 0 Å². The van der Waals surface area contributed by atoms with Crippen molar-refractivity contribution in [3.05, 3.63) is 35.9 Å². The van der Waals surface area contributed by atoms with Gasteiger partial charge in [-0.2, -0.15) is 0 Å². The van der Waals surface area contributed by atoms with Crippen LogP contribution in [0, 0.1) is 5.41 Å². The third kappa shape index (κ3) is 5.07. The Morgan fingerprint density at radius 3 is 2.48 bits per heavy atom. The molecule has 118 valence electrons. The second-order valence-corrected chi connectivity index (χ2v) is 7.57. The van der Waals surface area contributed by atoms with Gasteiger partial charge in [-0.3, -0.25) is 0 Å². The van der Waals surface area contributed by atoms with Gasteiger partial charge in [-0.1, -0.05) is 30.3 Å². The minimum atomic E-state index is -3.33. The van der Waals surface area contributed by atoms with Crippen LogP contribution < -0.4 is 4.72 Å². The van der Waals surface area contributed by atoms with E-state index in [0.717, 1.165) is 5.56 Å². The number of aryl methyl sites for hydroxylation is 1. The van der Waals surface area contributed by atoms with Crippen LogP contribution in [0.5, 0.6) is 0 Å². The van der Waals surface area contributed by atoms with Gasteiger partial charge in [-0.25, -0.2) is 13.1 Å². The van der Waals surface area contributed by atoms with Crippen LogP contribution in [0.4, 0.5) is 0 Å². The van der Waals surface area contributed by atoms with Crippen LogP contribution in [-0.2, 0) is 21.2 Å². The first kappa shape index (κ1) is 16.4. The molecule has 1 aliphatic rings. The van der Waals surface area contributed by atoms with Crippen molar-refractivity contribution in [3.63, 3.8) is 0 Å². The minimum absolute atomic E-state index is 0.0163. The molecule has 0 aromatic heterocycles. The normalized spacial score (nSPS) is 18.5. The smallest absolute Gasteiger partial charge is 0.211 e. The molecule has 6 heteroatoms. The Bertz CT molecular complexity index is 524. The molecular formula is C15H23NO4S. The third-order valence-electron chi connectivity index (χ3n) is 4.06. The molecule has 0 amide bonds. The van der Waals surface area contributed by atoms with E-state index in [1.54, 1.807) is 0 Å². The summed E-state index contributed by atoms with van der Waals surface area (Å²) >= 11 is 0. The van der Waals surface area contributed by atoms with Gasteiger partial charge < -0.3 is 9.84 Å². The molecule has 0 saturated carbocycles. The average molecular weight is 313 g/mol. The quantitative estimate of drug-likeness (QED) is 0.785. The standard InChI is InChI=1S/C15H23NO4S/c17-13-15(7-9-20-10-8-15)12-16-21(18,19)11-6-14-4-2-1-3-5-14/h1-5,16-17H,6-13H2. The fourth-order valence-corrected chi connectivity index (χ4v) is 3.60. The lowest BCUT2D eigenvalue weighted by atomic mass is 9.81. The van der Waals surface area contributed by atoms with Gasteiger partial charge in [-0.15, -0.1) is 0 Å². The Morgan fingerprint density at radius 2 is 1.86 bits per heavy atom. The van der Waals surface area contributed by atoms with Gasteiger partial charge in [-0.05, 0) is 24.8 Å². The van der Waals surface area contributed by atoms with Gasteiger partial charge in [0.15, 0.2) is 0 Å². The molecule has 0 unspecified atom stereocenters. The molecule has 1 heterocycles. The zero-order valence-corrected chi connectivity index (χ0v) is 12.9. The number of benzene rings is 1. The highest BCUT2D eigenvalue weighted by Gasteiger charge is 2.33. The summed E-state index contributed by atoms with van der Waals surface area (Å²) < 4.78 is 32.1. The van der Waals surface area contributed by atoms with E-state index in [1.807, 2.05) is 30.3 Å². The molecule has 21 heavy (non-hydrogen) atoms. The van der Waals surface area contributed by atoms with E-state index in [2.05, 4.69) is 4.72 Å². The second kappa shape index (κ2) is 7.35. The highest BCUT2D eigenvalue weighted by molar-refractivity contribution is 7.89. The van der Waals surface area contributed by atoms with Gasteiger partial charge in [0.1, 0.15) is 0 Å². The van der Waals surface area contributed by atoms with E-state index < -0.39 is 10.0 Å². The number of hydrogen-bond donors (Lipinski definition) is 2. The summed E-state index contributed by atoms with van der Waals surface area (Å²) in [5.74, 6) is 0.0645. The highest BCUT2D eigenvalue weighted by Crippen LogP contribution is 2.29. The number of sulfonamides is 1. The molecule has 1 aromatic rings. The zero-order chi connectivity index (χ0) is 15.2. The molecule has 1 aromatic carbocycles. The maximum Gasteiger partial charge on any atom is 0.211 e. The van der Waals surface area contributed by atoms with E-state index >= 15 is 0 Å². The van der Waals surface area contributed by atoms with Crippen LogP contribution in [0.25, 0.3) is 0 Å².